The number of fused-ring (bicyclic) bond motifs is 1. The van der Waals surface area contributed by atoms with Gasteiger partial charge in [-0.1, -0.05) is 6.07 Å². The molecule has 0 saturated carbocycles. The molecule has 0 bridgehead atoms. The summed E-state index contributed by atoms with van der Waals surface area (Å²) in [6.07, 6.45) is 0.332. The second-order valence-electron chi connectivity index (χ2n) is 4.92. The Morgan fingerprint density at radius 2 is 2.23 bits per heavy atom. The summed E-state index contributed by atoms with van der Waals surface area (Å²) in [4.78, 5) is 17.7. The second-order valence-corrected chi connectivity index (χ2v) is 4.92. The van der Waals surface area contributed by atoms with Crippen LogP contribution in [0.5, 0.6) is 5.88 Å². The monoisotopic (exact) mass is 307 g/mol. The van der Waals surface area contributed by atoms with Gasteiger partial charge in [-0.15, -0.1) is 5.10 Å². The van der Waals surface area contributed by atoms with Crippen LogP contribution in [0.1, 0.15) is 13.3 Å². The first-order valence-corrected chi connectivity index (χ1v) is 7.17. The highest BCUT2D eigenvalue weighted by Crippen LogP contribution is 2.15. The standard InChI is InChI=1S/C14H21N5O3/c1-4-21-14(20)16-13-15-11-7-5-8-12(19(11)17-13)22-10-6-9-18(2)3/h5,7-8H,4,6,9-10H2,1-3H3,(H,16,17,20). The Balaban J connectivity index is 2.05. The van der Waals surface area contributed by atoms with Crippen LogP contribution in [0.3, 0.4) is 0 Å². The van der Waals surface area contributed by atoms with Crippen molar-refractivity contribution in [3.8, 4) is 5.88 Å². The molecule has 8 nitrogen and oxygen atoms in total. The van der Waals surface area contributed by atoms with Gasteiger partial charge in [-0.05, 0) is 33.5 Å². The van der Waals surface area contributed by atoms with Gasteiger partial charge in [0, 0.05) is 12.6 Å². The van der Waals surface area contributed by atoms with E-state index in [-0.39, 0.29) is 5.95 Å². The van der Waals surface area contributed by atoms with E-state index in [9.17, 15) is 4.79 Å². The van der Waals surface area contributed by atoms with Crippen LogP contribution >= 0.6 is 0 Å². The maximum Gasteiger partial charge on any atom is 0.414 e. The van der Waals surface area contributed by atoms with Crippen molar-refractivity contribution in [2.75, 3.05) is 39.2 Å². The minimum absolute atomic E-state index is 0.183. The number of nitrogens with one attached hydrogen (secondary N) is 1. The summed E-state index contributed by atoms with van der Waals surface area (Å²) in [5.41, 5.74) is 0.594. The number of ether oxygens (including phenoxy) is 2. The molecule has 1 amide bonds. The van der Waals surface area contributed by atoms with Gasteiger partial charge in [-0.25, -0.2) is 4.79 Å². The minimum Gasteiger partial charge on any atom is -0.478 e. The summed E-state index contributed by atoms with van der Waals surface area (Å²) in [5.74, 6) is 0.767. The van der Waals surface area contributed by atoms with Gasteiger partial charge in [0.25, 0.3) is 5.95 Å². The number of nitrogens with zero attached hydrogens (tertiary/aromatic N) is 4. The zero-order chi connectivity index (χ0) is 15.9. The van der Waals surface area contributed by atoms with E-state index >= 15 is 0 Å². The summed E-state index contributed by atoms with van der Waals surface area (Å²) in [5, 5.41) is 6.68. The Kier molecular flexibility index (Phi) is 5.54. The van der Waals surface area contributed by atoms with E-state index in [0.717, 1.165) is 13.0 Å². The zero-order valence-corrected chi connectivity index (χ0v) is 13.1. The van der Waals surface area contributed by atoms with Gasteiger partial charge in [0.1, 0.15) is 0 Å². The van der Waals surface area contributed by atoms with Crippen molar-refractivity contribution in [1.82, 2.24) is 19.5 Å². The molecular weight excluding hydrogens is 286 g/mol. The fourth-order valence-corrected chi connectivity index (χ4v) is 1.86. The fraction of sp³-hybridized carbons (Fsp3) is 0.500. The molecule has 1 N–H and O–H groups in total. The van der Waals surface area contributed by atoms with E-state index in [2.05, 4.69) is 20.3 Å². The quantitative estimate of drug-likeness (QED) is 0.783. The van der Waals surface area contributed by atoms with Crippen LogP contribution in [-0.2, 0) is 4.74 Å². The summed E-state index contributed by atoms with van der Waals surface area (Å²) in [7, 11) is 4.04. The van der Waals surface area contributed by atoms with E-state index in [4.69, 9.17) is 9.47 Å². The van der Waals surface area contributed by atoms with E-state index in [1.54, 1.807) is 17.5 Å². The van der Waals surface area contributed by atoms with Crippen LogP contribution in [-0.4, -0.2) is 59.4 Å². The number of hydrogen-bond donors (Lipinski definition) is 1. The Bertz CT molecular complexity index is 626. The van der Waals surface area contributed by atoms with Crippen LogP contribution in [0.4, 0.5) is 10.7 Å². The summed E-state index contributed by atoms with van der Waals surface area (Å²) in [6, 6.07) is 5.43. The van der Waals surface area contributed by atoms with Gasteiger partial charge in [0.05, 0.1) is 13.2 Å². The highest BCUT2D eigenvalue weighted by atomic mass is 16.5. The molecule has 0 aromatic carbocycles. The summed E-state index contributed by atoms with van der Waals surface area (Å²) in [6.45, 7) is 3.55. The van der Waals surface area contributed by atoms with Gasteiger partial charge in [-0.3, -0.25) is 5.32 Å². The van der Waals surface area contributed by atoms with Crippen LogP contribution in [0.2, 0.25) is 0 Å². The molecule has 0 aliphatic heterocycles. The molecule has 2 rings (SSSR count). The maximum atomic E-state index is 11.4. The lowest BCUT2D eigenvalue weighted by Gasteiger charge is -2.10. The zero-order valence-electron chi connectivity index (χ0n) is 13.1. The molecule has 0 saturated heterocycles. The number of carbonyl (C=O) groups is 1. The Morgan fingerprint density at radius 1 is 1.41 bits per heavy atom. The topological polar surface area (TPSA) is 81.0 Å². The van der Waals surface area contributed by atoms with Crippen LogP contribution in [0, 0.1) is 0 Å². The largest absolute Gasteiger partial charge is 0.478 e. The third-order valence-electron chi connectivity index (χ3n) is 2.81. The molecule has 0 aliphatic rings. The van der Waals surface area contributed by atoms with Gasteiger partial charge in [0.2, 0.25) is 5.88 Å². The van der Waals surface area contributed by atoms with Gasteiger partial charge < -0.3 is 14.4 Å². The predicted molar refractivity (Wildman–Crippen MR) is 82.3 cm³/mol. The first kappa shape index (κ1) is 16.0. The number of pyridine rings is 1. The Morgan fingerprint density at radius 3 is 2.95 bits per heavy atom. The molecule has 0 radical (unpaired) electrons. The average molecular weight is 307 g/mol. The first-order chi connectivity index (χ1) is 10.6. The van der Waals surface area contributed by atoms with Gasteiger partial charge >= 0.3 is 6.09 Å². The third kappa shape index (κ3) is 4.32. The van der Waals surface area contributed by atoms with Crippen molar-refractivity contribution >= 4 is 17.7 Å². The third-order valence-corrected chi connectivity index (χ3v) is 2.81. The summed E-state index contributed by atoms with van der Waals surface area (Å²) < 4.78 is 12.1. The van der Waals surface area contributed by atoms with E-state index in [1.165, 1.54) is 0 Å². The molecule has 22 heavy (non-hydrogen) atoms. The van der Waals surface area contributed by atoms with Crippen molar-refractivity contribution in [2.24, 2.45) is 0 Å². The first-order valence-electron chi connectivity index (χ1n) is 7.17. The maximum absolute atomic E-state index is 11.4. The number of carbonyl (C=O) groups excluding carboxylic acids is 1. The molecule has 0 fully saturated rings. The van der Waals surface area contributed by atoms with Crippen molar-refractivity contribution in [1.29, 1.82) is 0 Å². The van der Waals surface area contributed by atoms with Crippen LogP contribution in [0.25, 0.3) is 5.65 Å². The average Bonchev–Trinajstić information content (AvgIpc) is 2.86. The molecule has 0 unspecified atom stereocenters. The lowest BCUT2D eigenvalue weighted by Crippen LogP contribution is -2.16. The summed E-state index contributed by atoms with van der Waals surface area (Å²) >= 11 is 0. The molecule has 0 spiro atoms. The fourth-order valence-electron chi connectivity index (χ4n) is 1.86. The number of anilines is 1. The number of hydrogen-bond acceptors (Lipinski definition) is 6. The normalized spacial score (nSPS) is 10.9. The molecule has 2 aromatic heterocycles. The lowest BCUT2D eigenvalue weighted by molar-refractivity contribution is 0.167. The lowest BCUT2D eigenvalue weighted by atomic mass is 10.4. The van der Waals surface area contributed by atoms with Crippen LogP contribution in [0.15, 0.2) is 18.2 Å². The Hall–Kier alpha value is -2.35. The molecule has 2 heterocycles. The predicted octanol–water partition coefficient (Wildman–Crippen LogP) is 1.63. The van der Waals surface area contributed by atoms with Crippen molar-refractivity contribution in [3.05, 3.63) is 18.2 Å². The molecular formula is C14H21N5O3. The SMILES string of the molecule is CCOC(=O)Nc1nc2cccc(OCCCN(C)C)n2n1. The second kappa shape index (κ2) is 7.60. The molecule has 0 atom stereocenters. The van der Waals surface area contributed by atoms with Crippen molar-refractivity contribution in [3.63, 3.8) is 0 Å². The van der Waals surface area contributed by atoms with Gasteiger partial charge in [0.15, 0.2) is 5.65 Å². The highest BCUT2D eigenvalue weighted by Gasteiger charge is 2.10. The molecule has 2 aromatic rings. The number of aromatic nitrogens is 3. The number of rotatable bonds is 7. The van der Waals surface area contributed by atoms with Crippen molar-refractivity contribution in [2.45, 2.75) is 13.3 Å². The van der Waals surface area contributed by atoms with E-state index in [0.29, 0.717) is 24.7 Å². The van der Waals surface area contributed by atoms with E-state index in [1.807, 2.05) is 26.2 Å². The number of amides is 1. The molecule has 120 valence electrons. The Labute approximate surface area is 129 Å². The highest BCUT2D eigenvalue weighted by molar-refractivity contribution is 5.82. The van der Waals surface area contributed by atoms with Crippen LogP contribution < -0.4 is 10.1 Å². The van der Waals surface area contributed by atoms with Gasteiger partial charge in [-0.2, -0.15) is 9.50 Å². The smallest absolute Gasteiger partial charge is 0.414 e. The van der Waals surface area contributed by atoms with Crippen molar-refractivity contribution < 1.29 is 14.3 Å². The minimum atomic E-state index is -0.577. The van der Waals surface area contributed by atoms with E-state index < -0.39 is 6.09 Å². The molecule has 8 heteroatoms. The molecule has 0 aliphatic carbocycles.